The van der Waals surface area contributed by atoms with Crippen molar-refractivity contribution in [3.05, 3.63) is 47.5 Å². The lowest BCUT2D eigenvalue weighted by Gasteiger charge is -2.36. The summed E-state index contributed by atoms with van der Waals surface area (Å²) in [6.45, 7) is 3.96. The molecule has 2 heterocycles. The Balaban J connectivity index is 1.23. The van der Waals surface area contributed by atoms with Gasteiger partial charge in [-0.2, -0.15) is 0 Å². The number of carbonyl (C=O) groups is 1. The number of anilines is 2. The van der Waals surface area contributed by atoms with Gasteiger partial charge in [0, 0.05) is 61.6 Å². The number of nitrogens with zero attached hydrogens (tertiary/aromatic N) is 2. The van der Waals surface area contributed by atoms with Gasteiger partial charge in [-0.05, 0) is 30.3 Å². The van der Waals surface area contributed by atoms with Gasteiger partial charge in [0.05, 0.1) is 0 Å². The number of carbonyl (C=O) groups excluding carboxylic acids is 1. The number of rotatable bonds is 5. The molecule has 0 aliphatic carbocycles. The average Bonchev–Trinajstić information content (AvgIpc) is 3.16. The highest BCUT2D eigenvalue weighted by Gasteiger charge is 2.21. The molecule has 1 amide bonds. The van der Waals surface area contributed by atoms with Crippen molar-refractivity contribution in [1.29, 1.82) is 0 Å². The molecule has 4 rings (SSSR count). The van der Waals surface area contributed by atoms with Crippen LogP contribution in [0.4, 0.5) is 11.4 Å². The van der Waals surface area contributed by atoms with Crippen molar-refractivity contribution in [2.24, 2.45) is 0 Å². The fourth-order valence-electron chi connectivity index (χ4n) is 3.37. The number of piperazine rings is 1. The zero-order chi connectivity index (χ0) is 18.6. The number of benzene rings is 2. The third-order valence-corrected chi connectivity index (χ3v) is 5.08. The number of hydrogen-bond acceptors (Lipinski definition) is 5. The monoisotopic (exact) mass is 387 g/mol. The van der Waals surface area contributed by atoms with E-state index in [9.17, 15) is 4.79 Å². The van der Waals surface area contributed by atoms with Gasteiger partial charge < -0.3 is 24.6 Å². The maximum atomic E-state index is 12.5. The van der Waals surface area contributed by atoms with E-state index >= 15 is 0 Å². The Labute approximate surface area is 163 Å². The SMILES string of the molecule is O=C(CCNc1ccc2c(c1)OCO2)N1CCN(c2cccc(Cl)c2)CC1. The summed E-state index contributed by atoms with van der Waals surface area (Å²) in [6.07, 6.45) is 0.464. The van der Waals surface area contributed by atoms with Gasteiger partial charge in [0.15, 0.2) is 11.5 Å². The molecule has 142 valence electrons. The second kappa shape index (κ2) is 7.96. The first kappa shape index (κ1) is 17.8. The van der Waals surface area contributed by atoms with Crippen molar-refractivity contribution in [3.8, 4) is 11.5 Å². The van der Waals surface area contributed by atoms with Crippen LogP contribution >= 0.6 is 11.6 Å². The number of ether oxygens (including phenoxy) is 2. The Hall–Kier alpha value is -2.60. The maximum Gasteiger partial charge on any atom is 0.231 e. The summed E-state index contributed by atoms with van der Waals surface area (Å²) in [7, 11) is 0. The number of hydrogen-bond donors (Lipinski definition) is 1. The molecule has 7 heteroatoms. The predicted octanol–water partition coefficient (Wildman–Crippen LogP) is 3.22. The fourth-order valence-corrected chi connectivity index (χ4v) is 3.55. The van der Waals surface area contributed by atoms with Crippen LogP contribution in [0.15, 0.2) is 42.5 Å². The molecule has 0 bridgehead atoms. The van der Waals surface area contributed by atoms with Crippen LogP contribution in [0.3, 0.4) is 0 Å². The largest absolute Gasteiger partial charge is 0.454 e. The van der Waals surface area contributed by atoms with E-state index in [0.717, 1.165) is 54.1 Å². The molecule has 27 heavy (non-hydrogen) atoms. The van der Waals surface area contributed by atoms with Crippen molar-refractivity contribution in [3.63, 3.8) is 0 Å². The number of nitrogens with one attached hydrogen (secondary N) is 1. The normalized spacial score (nSPS) is 15.7. The number of amides is 1. The second-order valence-corrected chi connectivity index (χ2v) is 7.03. The lowest BCUT2D eigenvalue weighted by atomic mass is 10.2. The van der Waals surface area contributed by atoms with Gasteiger partial charge in [-0.3, -0.25) is 4.79 Å². The highest BCUT2D eigenvalue weighted by Crippen LogP contribution is 2.34. The molecule has 0 atom stereocenters. The standard InChI is InChI=1S/C20H22ClN3O3/c21-15-2-1-3-17(12-15)23-8-10-24(11-9-23)20(25)6-7-22-16-4-5-18-19(13-16)27-14-26-18/h1-5,12-13,22H,6-11,14H2. The summed E-state index contributed by atoms with van der Waals surface area (Å²) < 4.78 is 10.7. The molecule has 6 nitrogen and oxygen atoms in total. The van der Waals surface area contributed by atoms with Gasteiger partial charge in [-0.1, -0.05) is 17.7 Å². The number of halogens is 1. The fraction of sp³-hybridized carbons (Fsp3) is 0.350. The van der Waals surface area contributed by atoms with Crippen LogP contribution in [0.1, 0.15) is 6.42 Å². The van der Waals surface area contributed by atoms with E-state index in [0.29, 0.717) is 13.0 Å². The van der Waals surface area contributed by atoms with E-state index in [1.54, 1.807) is 0 Å². The van der Waals surface area contributed by atoms with Gasteiger partial charge >= 0.3 is 0 Å². The summed E-state index contributed by atoms with van der Waals surface area (Å²) in [5, 5.41) is 4.01. The van der Waals surface area contributed by atoms with E-state index in [-0.39, 0.29) is 12.7 Å². The first-order valence-corrected chi connectivity index (χ1v) is 9.49. The summed E-state index contributed by atoms with van der Waals surface area (Å²) in [4.78, 5) is 16.7. The molecule has 2 aromatic rings. The minimum absolute atomic E-state index is 0.175. The first-order chi connectivity index (χ1) is 13.2. The van der Waals surface area contributed by atoms with Gasteiger partial charge in [-0.15, -0.1) is 0 Å². The lowest BCUT2D eigenvalue weighted by molar-refractivity contribution is -0.131. The lowest BCUT2D eigenvalue weighted by Crippen LogP contribution is -2.49. The zero-order valence-electron chi connectivity index (χ0n) is 15.0. The first-order valence-electron chi connectivity index (χ1n) is 9.11. The quantitative estimate of drug-likeness (QED) is 0.853. The van der Waals surface area contributed by atoms with Crippen LogP contribution in [0.25, 0.3) is 0 Å². The molecule has 1 saturated heterocycles. The average molecular weight is 388 g/mol. The molecule has 0 spiro atoms. The second-order valence-electron chi connectivity index (χ2n) is 6.59. The van der Waals surface area contributed by atoms with Crippen molar-refractivity contribution in [2.45, 2.75) is 6.42 Å². The Morgan fingerprint density at radius 3 is 2.67 bits per heavy atom. The van der Waals surface area contributed by atoms with Gasteiger partial charge in [-0.25, -0.2) is 0 Å². The molecule has 2 aliphatic heterocycles. The highest BCUT2D eigenvalue weighted by molar-refractivity contribution is 6.30. The van der Waals surface area contributed by atoms with Crippen LogP contribution in [0.5, 0.6) is 11.5 Å². The Morgan fingerprint density at radius 2 is 1.85 bits per heavy atom. The van der Waals surface area contributed by atoms with Crippen LogP contribution in [-0.2, 0) is 4.79 Å². The molecule has 0 radical (unpaired) electrons. The molecule has 1 fully saturated rings. The Kier molecular flexibility index (Phi) is 5.25. The molecule has 0 saturated carbocycles. The van der Waals surface area contributed by atoms with E-state index in [2.05, 4.69) is 16.3 Å². The van der Waals surface area contributed by atoms with E-state index < -0.39 is 0 Å². The van der Waals surface area contributed by atoms with Crippen molar-refractivity contribution in [2.75, 3.05) is 49.7 Å². The minimum atomic E-state index is 0.175. The highest BCUT2D eigenvalue weighted by atomic mass is 35.5. The van der Waals surface area contributed by atoms with Gasteiger partial charge in [0.1, 0.15) is 0 Å². The molecule has 1 N–H and O–H groups in total. The summed E-state index contributed by atoms with van der Waals surface area (Å²) in [5.41, 5.74) is 2.04. The molecular weight excluding hydrogens is 366 g/mol. The molecule has 0 unspecified atom stereocenters. The maximum absolute atomic E-state index is 12.5. The third kappa shape index (κ3) is 4.22. The number of fused-ring (bicyclic) bond motifs is 1. The molecule has 0 aromatic heterocycles. The zero-order valence-corrected chi connectivity index (χ0v) is 15.7. The summed E-state index contributed by atoms with van der Waals surface area (Å²) >= 11 is 6.07. The molecular formula is C20H22ClN3O3. The van der Waals surface area contributed by atoms with Crippen LogP contribution in [0.2, 0.25) is 5.02 Å². The van der Waals surface area contributed by atoms with E-state index in [1.165, 1.54) is 0 Å². The van der Waals surface area contributed by atoms with Gasteiger partial charge in [0.2, 0.25) is 12.7 Å². The van der Waals surface area contributed by atoms with Gasteiger partial charge in [0.25, 0.3) is 0 Å². The minimum Gasteiger partial charge on any atom is -0.454 e. The third-order valence-electron chi connectivity index (χ3n) is 4.85. The smallest absolute Gasteiger partial charge is 0.231 e. The van der Waals surface area contributed by atoms with Crippen molar-refractivity contribution in [1.82, 2.24) is 4.90 Å². The van der Waals surface area contributed by atoms with Crippen LogP contribution < -0.4 is 19.7 Å². The van der Waals surface area contributed by atoms with Crippen molar-refractivity contribution < 1.29 is 14.3 Å². The Morgan fingerprint density at radius 1 is 1.04 bits per heavy atom. The topological polar surface area (TPSA) is 54.0 Å². The van der Waals surface area contributed by atoms with Crippen LogP contribution in [-0.4, -0.2) is 50.3 Å². The van der Waals surface area contributed by atoms with E-state index in [1.807, 2.05) is 41.3 Å². The Bertz CT molecular complexity index is 822. The van der Waals surface area contributed by atoms with E-state index in [4.69, 9.17) is 21.1 Å². The van der Waals surface area contributed by atoms with Crippen LogP contribution in [0, 0.1) is 0 Å². The summed E-state index contributed by atoms with van der Waals surface area (Å²) in [6, 6.07) is 13.6. The molecule has 2 aliphatic rings. The summed E-state index contributed by atoms with van der Waals surface area (Å²) in [5.74, 6) is 1.67. The predicted molar refractivity (Wildman–Crippen MR) is 106 cm³/mol. The van der Waals surface area contributed by atoms with Crippen molar-refractivity contribution >= 4 is 28.9 Å². The molecule has 2 aromatic carbocycles.